The number of carbonyl (C=O) groups excluding carboxylic acids is 2. The van der Waals surface area contributed by atoms with Gasteiger partial charge in [-0.05, 0) is 43.5 Å². The van der Waals surface area contributed by atoms with Crippen molar-refractivity contribution in [2.45, 2.75) is 39.0 Å². The molecule has 0 atom stereocenters. The third kappa shape index (κ3) is 5.50. The minimum Gasteiger partial charge on any atom is -0.326 e. The van der Waals surface area contributed by atoms with Crippen LogP contribution in [0.25, 0.3) is 0 Å². The van der Waals surface area contributed by atoms with E-state index < -0.39 is 10.8 Å². The highest BCUT2D eigenvalue weighted by molar-refractivity contribution is 6.01. The Morgan fingerprint density at radius 1 is 1.03 bits per heavy atom. The fourth-order valence-corrected chi connectivity index (χ4v) is 3.43. The number of nitrogens with one attached hydrogen (secondary N) is 2. The zero-order chi connectivity index (χ0) is 21.5. The van der Waals surface area contributed by atoms with Gasteiger partial charge in [0.05, 0.1) is 10.6 Å². The molecule has 0 bridgehead atoms. The summed E-state index contributed by atoms with van der Waals surface area (Å²) < 4.78 is 0. The van der Waals surface area contributed by atoms with Gasteiger partial charge in [-0.2, -0.15) is 5.10 Å². The van der Waals surface area contributed by atoms with Gasteiger partial charge in [-0.25, -0.2) is 5.43 Å². The molecule has 2 amide bonds. The highest BCUT2D eigenvalue weighted by Gasteiger charge is 2.21. The van der Waals surface area contributed by atoms with E-state index in [2.05, 4.69) is 15.8 Å². The maximum atomic E-state index is 12.3. The summed E-state index contributed by atoms with van der Waals surface area (Å²) in [5, 5.41) is 17.9. The van der Waals surface area contributed by atoms with Gasteiger partial charge in [0.15, 0.2) is 0 Å². The molecular formula is C22H24N4O4. The zero-order valence-electron chi connectivity index (χ0n) is 16.8. The third-order valence-electron chi connectivity index (χ3n) is 5.19. The summed E-state index contributed by atoms with van der Waals surface area (Å²) in [6, 6.07) is 12.7. The summed E-state index contributed by atoms with van der Waals surface area (Å²) >= 11 is 0. The van der Waals surface area contributed by atoms with Crippen molar-refractivity contribution in [3.8, 4) is 0 Å². The SMILES string of the molecule is C/C(=N/NC(=O)c1cccc([N+](=O)[O-])c1)c1ccc(NC(=O)C2CCCCC2)cc1. The van der Waals surface area contributed by atoms with Gasteiger partial charge in [0.2, 0.25) is 5.91 Å². The summed E-state index contributed by atoms with van der Waals surface area (Å²) in [5.74, 6) is -0.378. The molecule has 8 heteroatoms. The number of hydrogen-bond donors (Lipinski definition) is 2. The minimum atomic E-state index is -0.556. The van der Waals surface area contributed by atoms with Crippen molar-refractivity contribution < 1.29 is 14.5 Å². The molecule has 0 radical (unpaired) electrons. The van der Waals surface area contributed by atoms with Gasteiger partial charge in [0.1, 0.15) is 0 Å². The molecule has 1 aliphatic carbocycles. The van der Waals surface area contributed by atoms with E-state index >= 15 is 0 Å². The number of nitrogens with zero attached hydrogens (tertiary/aromatic N) is 2. The van der Waals surface area contributed by atoms with Crippen LogP contribution in [0.5, 0.6) is 0 Å². The van der Waals surface area contributed by atoms with Crippen LogP contribution >= 0.6 is 0 Å². The van der Waals surface area contributed by atoms with Crippen LogP contribution in [0.4, 0.5) is 11.4 Å². The Kier molecular flexibility index (Phi) is 6.90. The lowest BCUT2D eigenvalue weighted by atomic mass is 9.88. The van der Waals surface area contributed by atoms with E-state index in [-0.39, 0.29) is 23.1 Å². The number of nitro benzene ring substituents is 1. The average Bonchev–Trinajstić information content (AvgIpc) is 2.78. The Morgan fingerprint density at radius 2 is 1.73 bits per heavy atom. The van der Waals surface area contributed by atoms with Crippen LogP contribution in [0.15, 0.2) is 53.6 Å². The summed E-state index contributed by atoms with van der Waals surface area (Å²) in [7, 11) is 0. The standard InChI is InChI=1S/C22H24N4O4/c1-15(24-25-22(28)18-8-5-9-20(14-18)26(29)30)16-10-12-19(13-11-16)23-21(27)17-6-3-2-4-7-17/h5,8-14,17H,2-4,6-7H2,1H3,(H,23,27)(H,25,28)/b24-15-. The van der Waals surface area contributed by atoms with E-state index in [1.807, 2.05) is 12.1 Å². The van der Waals surface area contributed by atoms with E-state index in [0.717, 1.165) is 36.9 Å². The molecule has 0 unspecified atom stereocenters. The van der Waals surface area contributed by atoms with Crippen molar-refractivity contribution in [1.82, 2.24) is 5.43 Å². The number of carbonyl (C=O) groups is 2. The van der Waals surface area contributed by atoms with Crippen LogP contribution in [0.2, 0.25) is 0 Å². The number of nitro groups is 1. The lowest BCUT2D eigenvalue weighted by Gasteiger charge is -2.20. The number of non-ortho nitro benzene ring substituents is 1. The molecule has 0 heterocycles. The van der Waals surface area contributed by atoms with Gasteiger partial charge in [0.25, 0.3) is 11.6 Å². The van der Waals surface area contributed by atoms with E-state index in [0.29, 0.717) is 5.71 Å². The third-order valence-corrected chi connectivity index (χ3v) is 5.19. The second-order valence-corrected chi connectivity index (χ2v) is 7.35. The van der Waals surface area contributed by atoms with Crippen LogP contribution in [0.1, 0.15) is 54.9 Å². The van der Waals surface area contributed by atoms with E-state index in [1.165, 1.54) is 30.7 Å². The monoisotopic (exact) mass is 408 g/mol. The quantitative estimate of drug-likeness (QED) is 0.422. The smallest absolute Gasteiger partial charge is 0.271 e. The van der Waals surface area contributed by atoms with Crippen molar-refractivity contribution in [3.05, 3.63) is 69.8 Å². The first-order valence-electron chi connectivity index (χ1n) is 9.94. The number of benzene rings is 2. The topological polar surface area (TPSA) is 114 Å². The second-order valence-electron chi connectivity index (χ2n) is 7.35. The normalized spacial score (nSPS) is 14.8. The number of rotatable bonds is 6. The number of hydrogen-bond acceptors (Lipinski definition) is 5. The molecule has 0 aliphatic heterocycles. The Hall–Kier alpha value is -3.55. The number of anilines is 1. The van der Waals surface area contributed by atoms with Gasteiger partial charge >= 0.3 is 0 Å². The fraction of sp³-hybridized carbons (Fsp3) is 0.318. The molecule has 0 aromatic heterocycles. The average molecular weight is 408 g/mol. The molecule has 2 aromatic carbocycles. The van der Waals surface area contributed by atoms with E-state index in [9.17, 15) is 19.7 Å². The molecule has 2 N–H and O–H groups in total. The summed E-state index contributed by atoms with van der Waals surface area (Å²) in [4.78, 5) is 34.8. The van der Waals surface area contributed by atoms with Gasteiger partial charge in [-0.15, -0.1) is 0 Å². The molecule has 8 nitrogen and oxygen atoms in total. The van der Waals surface area contributed by atoms with Crippen molar-refractivity contribution in [3.63, 3.8) is 0 Å². The highest BCUT2D eigenvalue weighted by atomic mass is 16.6. The van der Waals surface area contributed by atoms with Crippen LogP contribution in [0.3, 0.4) is 0 Å². The van der Waals surface area contributed by atoms with Gasteiger partial charge in [-0.3, -0.25) is 19.7 Å². The van der Waals surface area contributed by atoms with Gasteiger partial charge < -0.3 is 5.32 Å². The Labute approximate surface area is 174 Å². The van der Waals surface area contributed by atoms with Gasteiger partial charge in [0, 0.05) is 29.3 Å². The van der Waals surface area contributed by atoms with Crippen LogP contribution in [0, 0.1) is 16.0 Å². The fourth-order valence-electron chi connectivity index (χ4n) is 3.43. The summed E-state index contributed by atoms with van der Waals surface area (Å²) in [5.41, 5.74) is 4.48. The summed E-state index contributed by atoms with van der Waals surface area (Å²) in [6.45, 7) is 1.74. The highest BCUT2D eigenvalue weighted by Crippen LogP contribution is 2.25. The molecule has 1 fully saturated rings. The predicted octanol–water partition coefficient (Wildman–Crippen LogP) is 4.27. The molecule has 0 spiro atoms. The van der Waals surface area contributed by atoms with Crippen molar-refractivity contribution in [2.24, 2.45) is 11.0 Å². The Balaban J connectivity index is 1.59. The zero-order valence-corrected chi connectivity index (χ0v) is 16.8. The number of amides is 2. The van der Waals surface area contributed by atoms with E-state index in [4.69, 9.17) is 0 Å². The van der Waals surface area contributed by atoms with Crippen molar-refractivity contribution in [2.75, 3.05) is 5.32 Å². The second kappa shape index (κ2) is 9.78. The molecule has 1 saturated carbocycles. The predicted molar refractivity (Wildman–Crippen MR) is 114 cm³/mol. The van der Waals surface area contributed by atoms with Crippen LogP contribution < -0.4 is 10.7 Å². The van der Waals surface area contributed by atoms with Crippen molar-refractivity contribution in [1.29, 1.82) is 0 Å². The molecule has 2 aromatic rings. The van der Waals surface area contributed by atoms with Crippen LogP contribution in [-0.2, 0) is 4.79 Å². The molecule has 156 valence electrons. The first-order valence-corrected chi connectivity index (χ1v) is 9.94. The maximum absolute atomic E-state index is 12.3. The van der Waals surface area contributed by atoms with Crippen molar-refractivity contribution >= 4 is 28.9 Å². The molecular weight excluding hydrogens is 384 g/mol. The maximum Gasteiger partial charge on any atom is 0.271 e. The lowest BCUT2D eigenvalue weighted by molar-refractivity contribution is -0.384. The van der Waals surface area contributed by atoms with Gasteiger partial charge in [-0.1, -0.05) is 37.5 Å². The Bertz CT molecular complexity index is 963. The largest absolute Gasteiger partial charge is 0.326 e. The van der Waals surface area contributed by atoms with Crippen LogP contribution in [-0.4, -0.2) is 22.4 Å². The Morgan fingerprint density at radius 3 is 2.40 bits per heavy atom. The number of hydrazone groups is 1. The minimum absolute atomic E-state index is 0.0667. The molecule has 3 rings (SSSR count). The summed E-state index contributed by atoms with van der Waals surface area (Å²) in [6.07, 6.45) is 5.30. The first kappa shape index (κ1) is 21.2. The van der Waals surface area contributed by atoms with E-state index in [1.54, 1.807) is 19.1 Å². The lowest BCUT2D eigenvalue weighted by Crippen LogP contribution is -2.24. The first-order chi connectivity index (χ1) is 14.4. The molecule has 0 saturated heterocycles. The molecule has 1 aliphatic rings. The molecule has 30 heavy (non-hydrogen) atoms.